The predicted molar refractivity (Wildman–Crippen MR) is 79.1 cm³/mol. The normalized spacial score (nSPS) is 11.9. The van der Waals surface area contributed by atoms with Gasteiger partial charge in [-0.05, 0) is 36.5 Å². The summed E-state index contributed by atoms with van der Waals surface area (Å²) in [7, 11) is 0. The number of rotatable bonds is 6. The third kappa shape index (κ3) is 6.43. The Kier molecular flexibility index (Phi) is 6.64. The van der Waals surface area contributed by atoms with Crippen molar-refractivity contribution in [2.24, 2.45) is 16.6 Å². The Morgan fingerprint density at radius 1 is 1.47 bits per heavy atom. The van der Waals surface area contributed by atoms with Crippen molar-refractivity contribution < 1.29 is 4.39 Å². The first-order valence-corrected chi connectivity index (χ1v) is 6.84. The standard InChI is InChI=1S/C14H21ClFN3/c1-10(2)5-7-18-14(17)19-8-6-11-3-4-12(16)9-13(11)15/h3-4,9-10H,5-8H2,1-2H3,(H3,17,18,19). The third-order valence-electron chi connectivity index (χ3n) is 2.70. The highest BCUT2D eigenvalue weighted by Crippen LogP contribution is 2.17. The minimum atomic E-state index is -0.323. The SMILES string of the molecule is CC(C)CCN=C(N)NCCc1ccc(F)cc1Cl. The van der Waals surface area contributed by atoms with E-state index < -0.39 is 0 Å². The molecular weight excluding hydrogens is 265 g/mol. The Morgan fingerprint density at radius 2 is 2.21 bits per heavy atom. The van der Waals surface area contributed by atoms with Crippen molar-refractivity contribution >= 4 is 17.6 Å². The van der Waals surface area contributed by atoms with Crippen LogP contribution in [0.3, 0.4) is 0 Å². The predicted octanol–water partition coefficient (Wildman–Crippen LogP) is 2.97. The van der Waals surface area contributed by atoms with Gasteiger partial charge >= 0.3 is 0 Å². The van der Waals surface area contributed by atoms with Gasteiger partial charge in [-0.15, -0.1) is 0 Å². The van der Waals surface area contributed by atoms with Gasteiger partial charge in [-0.2, -0.15) is 0 Å². The first-order valence-electron chi connectivity index (χ1n) is 6.46. The summed E-state index contributed by atoms with van der Waals surface area (Å²) < 4.78 is 12.9. The smallest absolute Gasteiger partial charge is 0.188 e. The van der Waals surface area contributed by atoms with Gasteiger partial charge in [0, 0.05) is 18.1 Å². The lowest BCUT2D eigenvalue weighted by atomic mass is 10.1. The molecule has 3 nitrogen and oxygen atoms in total. The molecule has 106 valence electrons. The maximum atomic E-state index is 12.9. The molecule has 0 bridgehead atoms. The van der Waals surface area contributed by atoms with Gasteiger partial charge in [0.2, 0.25) is 0 Å². The van der Waals surface area contributed by atoms with Gasteiger partial charge in [0.25, 0.3) is 0 Å². The number of hydrogen-bond acceptors (Lipinski definition) is 1. The molecule has 0 aliphatic heterocycles. The van der Waals surface area contributed by atoms with Crippen LogP contribution in [0.4, 0.5) is 4.39 Å². The van der Waals surface area contributed by atoms with Crippen LogP contribution in [0.2, 0.25) is 5.02 Å². The molecule has 0 heterocycles. The average Bonchev–Trinajstić information content (AvgIpc) is 2.31. The highest BCUT2D eigenvalue weighted by molar-refractivity contribution is 6.31. The van der Waals surface area contributed by atoms with E-state index in [-0.39, 0.29) is 5.82 Å². The minimum absolute atomic E-state index is 0.323. The van der Waals surface area contributed by atoms with E-state index >= 15 is 0 Å². The third-order valence-corrected chi connectivity index (χ3v) is 3.06. The van der Waals surface area contributed by atoms with E-state index in [9.17, 15) is 4.39 Å². The zero-order chi connectivity index (χ0) is 14.3. The number of benzene rings is 1. The molecule has 19 heavy (non-hydrogen) atoms. The van der Waals surface area contributed by atoms with E-state index in [1.54, 1.807) is 6.07 Å². The van der Waals surface area contributed by atoms with E-state index in [0.717, 1.165) is 18.5 Å². The highest BCUT2D eigenvalue weighted by Gasteiger charge is 2.02. The summed E-state index contributed by atoms with van der Waals surface area (Å²) >= 11 is 5.93. The molecule has 0 amide bonds. The Bertz CT molecular complexity index is 433. The van der Waals surface area contributed by atoms with Gasteiger partial charge in [0.15, 0.2) is 5.96 Å². The Morgan fingerprint density at radius 3 is 2.84 bits per heavy atom. The van der Waals surface area contributed by atoms with Crippen LogP contribution >= 0.6 is 11.6 Å². The van der Waals surface area contributed by atoms with Crippen LogP contribution in [0, 0.1) is 11.7 Å². The van der Waals surface area contributed by atoms with E-state index in [1.165, 1.54) is 12.1 Å². The summed E-state index contributed by atoms with van der Waals surface area (Å²) in [5.74, 6) is 0.741. The van der Waals surface area contributed by atoms with E-state index in [4.69, 9.17) is 17.3 Å². The molecule has 1 aromatic rings. The fourth-order valence-corrected chi connectivity index (χ4v) is 1.81. The topological polar surface area (TPSA) is 50.4 Å². The van der Waals surface area contributed by atoms with Gasteiger partial charge in [0.1, 0.15) is 5.82 Å². The largest absolute Gasteiger partial charge is 0.370 e. The number of nitrogens with one attached hydrogen (secondary N) is 1. The summed E-state index contributed by atoms with van der Waals surface area (Å²) in [5, 5.41) is 3.46. The Balaban J connectivity index is 2.33. The van der Waals surface area contributed by atoms with Gasteiger partial charge < -0.3 is 11.1 Å². The van der Waals surface area contributed by atoms with Crippen molar-refractivity contribution in [1.29, 1.82) is 0 Å². The molecular formula is C14H21ClFN3. The molecule has 0 unspecified atom stereocenters. The van der Waals surface area contributed by atoms with Crippen LogP contribution in [0.25, 0.3) is 0 Å². The second kappa shape index (κ2) is 8.00. The lowest BCUT2D eigenvalue weighted by Gasteiger charge is -2.07. The van der Waals surface area contributed by atoms with Crippen molar-refractivity contribution in [1.82, 2.24) is 5.32 Å². The Labute approximate surface area is 119 Å². The summed E-state index contributed by atoms with van der Waals surface area (Å²) in [6, 6.07) is 4.41. The lowest BCUT2D eigenvalue weighted by molar-refractivity contribution is 0.595. The second-order valence-corrected chi connectivity index (χ2v) is 5.27. The van der Waals surface area contributed by atoms with Gasteiger partial charge in [-0.25, -0.2) is 4.39 Å². The maximum absolute atomic E-state index is 12.9. The molecule has 0 spiro atoms. The summed E-state index contributed by atoms with van der Waals surface area (Å²) in [4.78, 5) is 4.22. The molecule has 0 aliphatic carbocycles. The molecule has 0 radical (unpaired) electrons. The number of aliphatic imine (C=N–C) groups is 1. The monoisotopic (exact) mass is 285 g/mol. The lowest BCUT2D eigenvalue weighted by Crippen LogP contribution is -2.33. The second-order valence-electron chi connectivity index (χ2n) is 4.86. The molecule has 1 rings (SSSR count). The fraction of sp³-hybridized carbons (Fsp3) is 0.500. The van der Waals surface area contributed by atoms with Gasteiger partial charge in [-0.1, -0.05) is 31.5 Å². The molecule has 0 fully saturated rings. The zero-order valence-electron chi connectivity index (χ0n) is 11.4. The van der Waals surface area contributed by atoms with Crippen molar-refractivity contribution in [3.8, 4) is 0 Å². The number of nitrogens with two attached hydrogens (primary N) is 1. The number of hydrogen-bond donors (Lipinski definition) is 2. The van der Waals surface area contributed by atoms with E-state index in [1.807, 2.05) is 0 Å². The van der Waals surface area contributed by atoms with Crippen molar-refractivity contribution in [3.05, 3.63) is 34.6 Å². The van der Waals surface area contributed by atoms with E-state index in [0.29, 0.717) is 29.9 Å². The summed E-state index contributed by atoms with van der Waals surface area (Å²) in [6.07, 6.45) is 1.70. The first-order chi connectivity index (χ1) is 8.99. The van der Waals surface area contributed by atoms with Crippen LogP contribution < -0.4 is 11.1 Å². The maximum Gasteiger partial charge on any atom is 0.188 e. The van der Waals surface area contributed by atoms with Crippen LogP contribution in [0.15, 0.2) is 23.2 Å². The first kappa shape index (κ1) is 15.8. The average molecular weight is 286 g/mol. The number of guanidine groups is 1. The van der Waals surface area contributed by atoms with Crippen molar-refractivity contribution in [2.75, 3.05) is 13.1 Å². The fourth-order valence-electron chi connectivity index (χ4n) is 1.55. The Hall–Kier alpha value is -1.29. The number of nitrogens with zero attached hydrogens (tertiary/aromatic N) is 1. The van der Waals surface area contributed by atoms with Crippen LogP contribution in [-0.4, -0.2) is 19.0 Å². The molecule has 0 saturated carbocycles. The highest BCUT2D eigenvalue weighted by atomic mass is 35.5. The van der Waals surface area contributed by atoms with Crippen molar-refractivity contribution in [2.45, 2.75) is 26.7 Å². The molecule has 5 heteroatoms. The molecule has 0 atom stereocenters. The van der Waals surface area contributed by atoms with Crippen LogP contribution in [0.5, 0.6) is 0 Å². The van der Waals surface area contributed by atoms with Gasteiger partial charge in [0.05, 0.1) is 0 Å². The molecule has 0 saturated heterocycles. The molecule has 0 aliphatic rings. The van der Waals surface area contributed by atoms with Crippen LogP contribution in [-0.2, 0) is 6.42 Å². The molecule has 1 aromatic carbocycles. The summed E-state index contributed by atoms with van der Waals surface area (Å²) in [5.41, 5.74) is 6.63. The van der Waals surface area contributed by atoms with Crippen LogP contribution in [0.1, 0.15) is 25.8 Å². The number of halogens is 2. The van der Waals surface area contributed by atoms with E-state index in [2.05, 4.69) is 24.2 Å². The molecule has 0 aromatic heterocycles. The minimum Gasteiger partial charge on any atom is -0.370 e. The van der Waals surface area contributed by atoms with Crippen molar-refractivity contribution in [3.63, 3.8) is 0 Å². The molecule has 3 N–H and O–H groups in total. The zero-order valence-corrected chi connectivity index (χ0v) is 12.2. The van der Waals surface area contributed by atoms with Gasteiger partial charge in [-0.3, -0.25) is 4.99 Å². The summed E-state index contributed by atoms with van der Waals surface area (Å²) in [6.45, 7) is 5.65. The quantitative estimate of drug-likeness (QED) is 0.624.